The van der Waals surface area contributed by atoms with Crippen LogP contribution in [0, 0.1) is 17.2 Å². The van der Waals surface area contributed by atoms with Gasteiger partial charge in [0, 0.05) is 28.3 Å². The second-order valence-corrected chi connectivity index (χ2v) is 13.5. The largest absolute Gasteiger partial charge is 0.545 e. The van der Waals surface area contributed by atoms with Gasteiger partial charge < -0.3 is 24.1 Å². The Kier molecular flexibility index (Phi) is 10.9. The highest BCUT2D eigenvalue weighted by molar-refractivity contribution is 6.35. The highest BCUT2D eigenvalue weighted by atomic mass is 35.5. The van der Waals surface area contributed by atoms with Crippen LogP contribution in [0.15, 0.2) is 73.1 Å². The van der Waals surface area contributed by atoms with Crippen LogP contribution in [0.2, 0.25) is 10.0 Å². The van der Waals surface area contributed by atoms with E-state index < -0.39 is 18.0 Å². The van der Waals surface area contributed by atoms with E-state index in [0.717, 1.165) is 30.7 Å². The van der Waals surface area contributed by atoms with Crippen molar-refractivity contribution in [1.29, 1.82) is 5.26 Å². The first-order valence-corrected chi connectivity index (χ1v) is 17.2. The first-order valence-electron chi connectivity index (χ1n) is 16.4. The molecule has 0 radical (unpaired) electrons. The number of methoxy groups -OCH3 is 2. The lowest BCUT2D eigenvalue weighted by atomic mass is 9.82. The highest BCUT2D eigenvalue weighted by Crippen LogP contribution is 2.39. The molecule has 4 aromatic rings. The summed E-state index contributed by atoms with van der Waals surface area (Å²) in [5, 5.41) is 33.0. The number of carbonyl (C=O) groups excluding carboxylic acids is 2. The SMILES string of the molecule is COc1ccc([C@H](Cc2c(Cl)c[n+](O)cc2Cl)c2cc(CN(C(=O)O[C@H]3CN4CCC3CC4)c3ccccc3C#N)ccc2C(=O)[O-])cc1OC. The zero-order valence-electron chi connectivity index (χ0n) is 28.1. The summed E-state index contributed by atoms with van der Waals surface area (Å²) < 4.78 is 17.9. The molecule has 3 aromatic carbocycles. The summed E-state index contributed by atoms with van der Waals surface area (Å²) in [6.07, 6.45) is 3.71. The molecule has 3 fully saturated rings. The summed E-state index contributed by atoms with van der Waals surface area (Å²) in [7, 11) is 3.01. The molecule has 3 saturated heterocycles. The summed E-state index contributed by atoms with van der Waals surface area (Å²) >= 11 is 13.1. The van der Waals surface area contributed by atoms with Crippen molar-refractivity contribution < 1.29 is 38.8 Å². The number of benzene rings is 3. The van der Waals surface area contributed by atoms with Gasteiger partial charge in [-0.2, -0.15) is 5.26 Å². The first-order chi connectivity index (χ1) is 24.6. The molecule has 1 aromatic heterocycles. The lowest BCUT2D eigenvalue weighted by molar-refractivity contribution is -0.904. The van der Waals surface area contributed by atoms with Crippen LogP contribution in [-0.2, 0) is 17.7 Å². The second-order valence-electron chi connectivity index (χ2n) is 12.7. The van der Waals surface area contributed by atoms with Crippen molar-refractivity contribution in [1.82, 2.24) is 4.90 Å². The minimum Gasteiger partial charge on any atom is -0.545 e. The van der Waals surface area contributed by atoms with Crippen LogP contribution in [0.5, 0.6) is 11.5 Å². The fourth-order valence-electron chi connectivity index (χ4n) is 7.07. The van der Waals surface area contributed by atoms with Gasteiger partial charge in [0.05, 0.1) is 38.0 Å². The summed E-state index contributed by atoms with van der Waals surface area (Å²) in [5.41, 5.74) is 2.60. The van der Waals surface area contributed by atoms with Crippen LogP contribution >= 0.6 is 23.2 Å². The normalized spacial score (nSPS) is 18.4. The monoisotopic (exact) mass is 730 g/mol. The number of anilines is 1. The van der Waals surface area contributed by atoms with Gasteiger partial charge >= 0.3 is 6.09 Å². The molecule has 13 heteroatoms. The van der Waals surface area contributed by atoms with Gasteiger partial charge in [-0.1, -0.05) is 59.6 Å². The molecule has 1 N–H and O–H groups in total. The average Bonchev–Trinajstić information content (AvgIpc) is 3.13. The minimum atomic E-state index is -1.41. The number of aromatic nitrogens is 1. The third-order valence-corrected chi connectivity index (χ3v) is 10.4. The number of fused-ring (bicyclic) bond motifs is 3. The van der Waals surface area contributed by atoms with Crippen molar-refractivity contribution in [2.45, 2.75) is 37.8 Å². The predicted molar refractivity (Wildman–Crippen MR) is 186 cm³/mol. The molecule has 2 atom stereocenters. The van der Waals surface area contributed by atoms with Gasteiger partial charge in [0.2, 0.25) is 12.4 Å². The number of carboxylic acid groups (broad SMARTS) is 1. The zero-order valence-corrected chi connectivity index (χ0v) is 29.6. The number of pyridine rings is 1. The maximum absolute atomic E-state index is 14.0. The van der Waals surface area contributed by atoms with Crippen molar-refractivity contribution in [3.63, 3.8) is 0 Å². The van der Waals surface area contributed by atoms with E-state index in [4.69, 9.17) is 37.4 Å². The van der Waals surface area contributed by atoms with Gasteiger partial charge in [0.25, 0.3) is 0 Å². The Morgan fingerprint density at radius 1 is 1.04 bits per heavy atom. The van der Waals surface area contributed by atoms with Crippen LogP contribution in [-0.4, -0.2) is 62.1 Å². The molecule has 7 rings (SSSR count). The van der Waals surface area contributed by atoms with Crippen molar-refractivity contribution in [2.75, 3.05) is 38.8 Å². The fraction of sp³-hybridized carbons (Fsp3) is 0.316. The number of halogens is 2. The standard InChI is InChI=1S/C38H36Cl2N4O7/c1-49-34-10-8-25(16-35(34)50-2)28(17-30-31(39)20-43(48)21-32(30)40)29-15-23(7-9-27(29)37(45)46)19-44(33-6-4-3-5-26(33)18-41)38(47)51-36-22-42-13-11-24(36)12-14-42/h3-10,15-16,20-21,24,28,36H,11-14,17,19,22H2,1-2H3,(H-,45,46,48)/t28-,36-/m0/s1. The molecule has 11 nitrogen and oxygen atoms in total. The van der Waals surface area contributed by atoms with Crippen molar-refractivity contribution in [3.05, 3.63) is 116 Å². The number of aromatic carboxylic acids is 1. The third kappa shape index (κ3) is 7.69. The molecule has 0 unspecified atom stereocenters. The number of ether oxygens (including phenoxy) is 3. The predicted octanol–water partition coefficient (Wildman–Crippen LogP) is 5.38. The van der Waals surface area contributed by atoms with E-state index in [-0.39, 0.29) is 46.2 Å². The van der Waals surface area contributed by atoms with E-state index >= 15 is 0 Å². The summed E-state index contributed by atoms with van der Waals surface area (Å²) in [5.74, 6) is -0.950. The van der Waals surface area contributed by atoms with E-state index in [1.165, 1.54) is 37.6 Å². The Hall–Kier alpha value is -5.02. The zero-order chi connectivity index (χ0) is 36.2. The highest BCUT2D eigenvalue weighted by Gasteiger charge is 2.38. The Morgan fingerprint density at radius 2 is 1.75 bits per heavy atom. The van der Waals surface area contributed by atoms with Crippen LogP contribution in [0.3, 0.4) is 0 Å². The summed E-state index contributed by atoms with van der Waals surface area (Å²) in [6, 6.07) is 19.0. The number of nitriles is 1. The van der Waals surface area contributed by atoms with Gasteiger partial charge in [-0.05, 0) is 79.2 Å². The van der Waals surface area contributed by atoms with Crippen molar-refractivity contribution in [3.8, 4) is 17.6 Å². The van der Waals surface area contributed by atoms with E-state index in [2.05, 4.69) is 11.0 Å². The van der Waals surface area contributed by atoms with E-state index in [0.29, 0.717) is 46.0 Å². The third-order valence-electron chi connectivity index (χ3n) is 9.72. The number of amides is 1. The van der Waals surface area contributed by atoms with Crippen LogP contribution in [0.4, 0.5) is 10.5 Å². The smallest absolute Gasteiger partial charge is 0.414 e. The van der Waals surface area contributed by atoms with E-state index in [1.54, 1.807) is 54.6 Å². The maximum atomic E-state index is 14.0. The van der Waals surface area contributed by atoms with Crippen molar-refractivity contribution >= 4 is 41.0 Å². The molecule has 4 heterocycles. The molecule has 1 amide bonds. The van der Waals surface area contributed by atoms with Gasteiger partial charge in [-0.15, -0.1) is 0 Å². The molecule has 0 spiro atoms. The van der Waals surface area contributed by atoms with E-state index in [9.17, 15) is 25.2 Å². The number of hydrogen-bond acceptors (Lipinski definition) is 9. The number of rotatable bonds is 11. The van der Waals surface area contributed by atoms with Crippen molar-refractivity contribution in [2.24, 2.45) is 5.92 Å². The molecule has 0 saturated carbocycles. The molecular weight excluding hydrogens is 695 g/mol. The number of carboxylic acids is 1. The number of nitrogens with zero attached hydrogens (tertiary/aromatic N) is 4. The van der Waals surface area contributed by atoms with Gasteiger partial charge in [-0.25, -0.2) is 4.79 Å². The molecule has 264 valence electrons. The Bertz CT molecular complexity index is 1970. The van der Waals surface area contributed by atoms with Crippen LogP contribution in [0.1, 0.15) is 56.9 Å². The van der Waals surface area contributed by atoms with Gasteiger partial charge in [0.15, 0.2) is 11.5 Å². The van der Waals surface area contributed by atoms with Crippen LogP contribution < -0.4 is 24.2 Å². The molecule has 51 heavy (non-hydrogen) atoms. The Labute approximate surface area is 305 Å². The lowest BCUT2D eigenvalue weighted by Gasteiger charge is -2.44. The second kappa shape index (κ2) is 15.5. The number of carbonyl (C=O) groups is 2. The molecule has 3 aliphatic heterocycles. The Morgan fingerprint density at radius 3 is 2.37 bits per heavy atom. The van der Waals surface area contributed by atoms with Gasteiger partial charge in [0.1, 0.15) is 22.2 Å². The maximum Gasteiger partial charge on any atom is 0.414 e. The minimum absolute atomic E-state index is 0.0328. The Balaban J connectivity index is 1.45. The van der Waals surface area contributed by atoms with E-state index in [1.807, 2.05) is 0 Å². The molecular formula is C38H36Cl2N4O7. The first kappa shape index (κ1) is 35.8. The van der Waals surface area contributed by atoms with Crippen LogP contribution in [0.25, 0.3) is 0 Å². The summed E-state index contributed by atoms with van der Waals surface area (Å²) in [4.78, 5) is 30.4. The topological polar surface area (TPSA) is 139 Å². The number of piperidine rings is 3. The quantitative estimate of drug-likeness (QED) is 0.159. The molecule has 0 aliphatic carbocycles. The summed E-state index contributed by atoms with van der Waals surface area (Å²) in [6.45, 7) is 2.58. The number of para-hydroxylation sites is 1. The average molecular weight is 732 g/mol. The number of hydrogen-bond donors (Lipinski definition) is 1. The molecule has 2 bridgehead atoms. The molecule has 3 aliphatic rings. The van der Waals surface area contributed by atoms with Gasteiger partial charge in [-0.3, -0.25) is 15.0 Å². The fourth-order valence-corrected chi connectivity index (χ4v) is 7.68. The lowest BCUT2D eigenvalue weighted by Crippen LogP contribution is -2.53.